The van der Waals surface area contributed by atoms with Gasteiger partial charge in [0.05, 0.1) is 23.6 Å². The molecule has 3 aromatic rings. The smallest absolute Gasteiger partial charge is 0.257 e. The predicted molar refractivity (Wildman–Crippen MR) is 128 cm³/mol. The molecule has 1 aliphatic heterocycles. The van der Waals surface area contributed by atoms with Crippen LogP contribution in [0, 0.1) is 0 Å². The van der Waals surface area contributed by atoms with Crippen LogP contribution in [0.1, 0.15) is 22.8 Å². The van der Waals surface area contributed by atoms with E-state index in [2.05, 4.69) is 10.6 Å². The lowest BCUT2D eigenvalue weighted by atomic mass is 10.0. The molecule has 10 heteroatoms. The Hall–Kier alpha value is -3.89. The summed E-state index contributed by atoms with van der Waals surface area (Å²) in [4.78, 5) is 39.4. The van der Waals surface area contributed by atoms with Gasteiger partial charge in [-0.15, -0.1) is 0 Å². The fourth-order valence-corrected chi connectivity index (χ4v) is 3.90. The van der Waals surface area contributed by atoms with Crippen LogP contribution in [0.2, 0.25) is 0 Å². The van der Waals surface area contributed by atoms with Crippen LogP contribution >= 0.6 is 0 Å². The minimum atomic E-state index is -1.13. The number of amides is 2. The average molecular weight is 482 g/mol. The van der Waals surface area contributed by atoms with E-state index in [9.17, 15) is 19.5 Å². The van der Waals surface area contributed by atoms with Gasteiger partial charge in [0, 0.05) is 31.8 Å². The average Bonchev–Trinajstić information content (AvgIpc) is 3.34. The minimum absolute atomic E-state index is 0.0561. The van der Waals surface area contributed by atoms with Crippen LogP contribution in [0.4, 0.5) is 0 Å². The van der Waals surface area contributed by atoms with Crippen LogP contribution in [-0.4, -0.2) is 58.7 Å². The fraction of sp³-hybridized carbons (Fsp3) is 0.320. The van der Waals surface area contributed by atoms with Crippen LogP contribution < -0.4 is 25.5 Å². The van der Waals surface area contributed by atoms with Gasteiger partial charge in [-0.3, -0.25) is 14.4 Å². The molecule has 0 bridgehead atoms. The summed E-state index contributed by atoms with van der Waals surface area (Å²) in [7, 11) is 0. The Morgan fingerprint density at radius 1 is 1.14 bits per heavy atom. The van der Waals surface area contributed by atoms with Gasteiger partial charge in [-0.05, 0) is 18.6 Å². The molecular weight excluding hydrogens is 454 g/mol. The molecule has 4 N–H and O–H groups in total. The number of aliphatic hydroxyl groups excluding tert-OH is 2. The number of aromatic nitrogens is 1. The Morgan fingerprint density at radius 3 is 2.54 bits per heavy atom. The molecule has 2 heterocycles. The third-order valence-electron chi connectivity index (χ3n) is 5.79. The number of nitrogens with zero attached hydrogens (tertiary/aromatic N) is 1. The van der Waals surface area contributed by atoms with Crippen molar-refractivity contribution in [3.05, 3.63) is 70.0 Å². The summed E-state index contributed by atoms with van der Waals surface area (Å²) in [6, 6.07) is 11.4. The number of carbonyl (C=O) groups is 2. The monoisotopic (exact) mass is 481 g/mol. The first-order chi connectivity index (χ1) is 16.9. The Morgan fingerprint density at radius 2 is 1.86 bits per heavy atom. The number of ether oxygens (including phenoxy) is 2. The van der Waals surface area contributed by atoms with E-state index in [1.54, 1.807) is 16.7 Å². The number of hydrogen-bond donors (Lipinski definition) is 4. The zero-order valence-electron chi connectivity index (χ0n) is 19.2. The second-order valence-corrected chi connectivity index (χ2v) is 8.18. The molecule has 0 unspecified atom stereocenters. The third-order valence-corrected chi connectivity index (χ3v) is 5.79. The number of aryl methyl sites for hydroxylation is 1. The standard InChI is InChI=1S/C25H27N3O7/c1-2-28-12-18(23(31)17-9-21-22(10-20(17)28)35-14-34-21)24(32)27-19(8-15-6-4-3-5-7-15)25(33)26-11-16(30)13-29/h3-7,9-10,12,16,19,29-30H,2,8,11,13-14H2,1H3,(H,26,33)(H,27,32)/t16-,19+/m1/s1. The molecule has 0 saturated carbocycles. The molecule has 0 saturated heterocycles. The highest BCUT2D eigenvalue weighted by atomic mass is 16.7. The molecule has 2 atom stereocenters. The van der Waals surface area contributed by atoms with Crippen molar-refractivity contribution in [1.82, 2.24) is 15.2 Å². The molecule has 2 amide bonds. The zero-order chi connectivity index (χ0) is 24.9. The van der Waals surface area contributed by atoms with Crippen LogP contribution in [-0.2, 0) is 17.8 Å². The molecule has 1 aromatic heterocycles. The molecule has 0 fully saturated rings. The molecule has 1 aliphatic rings. The molecular formula is C25H27N3O7. The Kier molecular flexibility index (Phi) is 7.33. The number of aliphatic hydroxyl groups is 2. The number of fused-ring (bicyclic) bond motifs is 2. The SMILES string of the molecule is CCn1cc(C(=O)N[C@@H](Cc2ccccc2)C(=O)NC[C@@H](O)CO)c(=O)c2cc3c(cc21)OCO3. The Balaban J connectivity index is 1.65. The number of hydrogen-bond acceptors (Lipinski definition) is 7. The van der Waals surface area contributed by atoms with E-state index in [0.29, 0.717) is 28.9 Å². The van der Waals surface area contributed by atoms with Gasteiger partial charge in [-0.25, -0.2) is 0 Å². The van der Waals surface area contributed by atoms with Gasteiger partial charge in [0.2, 0.25) is 18.1 Å². The number of benzene rings is 2. The van der Waals surface area contributed by atoms with Crippen molar-refractivity contribution in [2.75, 3.05) is 19.9 Å². The Bertz CT molecular complexity index is 1290. The summed E-state index contributed by atoms with van der Waals surface area (Å²) in [5, 5.41) is 24.1. The molecule has 184 valence electrons. The van der Waals surface area contributed by atoms with Gasteiger partial charge in [0.1, 0.15) is 11.6 Å². The van der Waals surface area contributed by atoms with Crippen molar-refractivity contribution in [3.63, 3.8) is 0 Å². The first-order valence-electron chi connectivity index (χ1n) is 11.3. The summed E-state index contributed by atoms with van der Waals surface area (Å²) in [6.07, 6.45) is 0.508. The number of nitrogens with one attached hydrogen (secondary N) is 2. The lowest BCUT2D eigenvalue weighted by Gasteiger charge is -2.20. The van der Waals surface area contributed by atoms with Gasteiger partial charge in [-0.1, -0.05) is 30.3 Å². The van der Waals surface area contributed by atoms with E-state index in [1.165, 1.54) is 6.20 Å². The maximum absolute atomic E-state index is 13.3. The summed E-state index contributed by atoms with van der Waals surface area (Å²) < 4.78 is 12.6. The van der Waals surface area contributed by atoms with Gasteiger partial charge >= 0.3 is 0 Å². The third kappa shape index (κ3) is 5.28. The maximum Gasteiger partial charge on any atom is 0.257 e. The van der Waals surface area contributed by atoms with Crippen LogP contribution in [0.5, 0.6) is 11.5 Å². The summed E-state index contributed by atoms with van der Waals surface area (Å²) >= 11 is 0. The molecule has 0 radical (unpaired) electrons. The van der Waals surface area contributed by atoms with Crippen molar-refractivity contribution >= 4 is 22.7 Å². The van der Waals surface area contributed by atoms with E-state index < -0.39 is 36.0 Å². The first kappa shape index (κ1) is 24.2. The van der Waals surface area contributed by atoms with Crippen molar-refractivity contribution in [3.8, 4) is 11.5 Å². The quantitative estimate of drug-likeness (QED) is 0.350. The minimum Gasteiger partial charge on any atom is -0.454 e. The van der Waals surface area contributed by atoms with Crippen molar-refractivity contribution < 1.29 is 29.3 Å². The van der Waals surface area contributed by atoms with E-state index in [4.69, 9.17) is 14.6 Å². The van der Waals surface area contributed by atoms with Gasteiger partial charge in [-0.2, -0.15) is 0 Å². The van der Waals surface area contributed by atoms with Crippen LogP contribution in [0.3, 0.4) is 0 Å². The predicted octanol–water partition coefficient (Wildman–Crippen LogP) is 0.561. The lowest BCUT2D eigenvalue weighted by molar-refractivity contribution is -0.123. The summed E-state index contributed by atoms with van der Waals surface area (Å²) in [5.74, 6) is -0.287. The van der Waals surface area contributed by atoms with E-state index in [1.807, 2.05) is 37.3 Å². The number of rotatable bonds is 9. The molecule has 10 nitrogen and oxygen atoms in total. The number of pyridine rings is 1. The molecule has 35 heavy (non-hydrogen) atoms. The highest BCUT2D eigenvalue weighted by Crippen LogP contribution is 2.35. The topological polar surface area (TPSA) is 139 Å². The van der Waals surface area contributed by atoms with Gasteiger partial charge < -0.3 is 34.9 Å². The highest BCUT2D eigenvalue weighted by molar-refractivity contribution is 6.00. The Labute approximate surface area is 201 Å². The second kappa shape index (κ2) is 10.6. The van der Waals surface area contributed by atoms with Crippen molar-refractivity contribution in [2.45, 2.75) is 32.0 Å². The van der Waals surface area contributed by atoms with E-state index in [-0.39, 0.29) is 25.3 Å². The number of carbonyl (C=O) groups excluding carboxylic acids is 2. The van der Waals surface area contributed by atoms with Crippen molar-refractivity contribution in [1.29, 1.82) is 0 Å². The summed E-state index contributed by atoms with van der Waals surface area (Å²) in [6.45, 7) is 1.74. The zero-order valence-corrected chi connectivity index (χ0v) is 19.2. The van der Waals surface area contributed by atoms with Crippen LogP contribution in [0.15, 0.2) is 53.5 Å². The van der Waals surface area contributed by atoms with E-state index >= 15 is 0 Å². The first-order valence-corrected chi connectivity index (χ1v) is 11.3. The molecule has 2 aromatic carbocycles. The largest absolute Gasteiger partial charge is 0.454 e. The normalized spacial score (nSPS) is 13.9. The fourth-order valence-electron chi connectivity index (χ4n) is 3.90. The van der Waals surface area contributed by atoms with Crippen molar-refractivity contribution in [2.24, 2.45) is 0 Å². The molecule has 4 rings (SSSR count). The second-order valence-electron chi connectivity index (χ2n) is 8.18. The van der Waals surface area contributed by atoms with Gasteiger partial charge in [0.15, 0.2) is 11.5 Å². The highest BCUT2D eigenvalue weighted by Gasteiger charge is 2.25. The summed E-state index contributed by atoms with van der Waals surface area (Å²) in [5.41, 5.74) is 0.803. The molecule has 0 aliphatic carbocycles. The maximum atomic E-state index is 13.3. The van der Waals surface area contributed by atoms with E-state index in [0.717, 1.165) is 5.56 Å². The van der Waals surface area contributed by atoms with Crippen LogP contribution in [0.25, 0.3) is 10.9 Å². The molecule has 0 spiro atoms. The lowest BCUT2D eigenvalue weighted by Crippen LogP contribution is -2.50. The van der Waals surface area contributed by atoms with Gasteiger partial charge in [0.25, 0.3) is 5.91 Å².